The van der Waals surface area contributed by atoms with Gasteiger partial charge in [-0.2, -0.15) is 0 Å². The summed E-state index contributed by atoms with van der Waals surface area (Å²) in [7, 11) is 0. The number of nitrogens with two attached hydrogens (primary N) is 1. The Labute approximate surface area is 106 Å². The number of aliphatic hydroxyl groups is 1. The number of hydrogen-bond acceptors (Lipinski definition) is 3. The van der Waals surface area contributed by atoms with Gasteiger partial charge in [0, 0.05) is 22.8 Å². The van der Waals surface area contributed by atoms with Gasteiger partial charge >= 0.3 is 0 Å². The van der Waals surface area contributed by atoms with E-state index in [1.165, 1.54) is 0 Å². The molecule has 3 N–H and O–H groups in total. The molecule has 0 aliphatic rings. The van der Waals surface area contributed by atoms with E-state index in [1.807, 2.05) is 25.1 Å². The van der Waals surface area contributed by atoms with Crippen LogP contribution in [0.5, 0.6) is 0 Å². The van der Waals surface area contributed by atoms with E-state index < -0.39 is 0 Å². The first-order valence-electron chi connectivity index (χ1n) is 5.37. The predicted molar refractivity (Wildman–Crippen MR) is 71.1 cm³/mol. The molecule has 1 aromatic carbocycles. The van der Waals surface area contributed by atoms with Crippen molar-refractivity contribution in [2.75, 3.05) is 6.61 Å². The van der Waals surface area contributed by atoms with Crippen LogP contribution in [0.2, 0.25) is 5.02 Å². The number of thioether (sulfide) groups is 1. The topological polar surface area (TPSA) is 46.2 Å². The molecule has 1 rings (SSSR count). The highest BCUT2D eigenvalue weighted by Gasteiger charge is 2.09. The fourth-order valence-electron chi connectivity index (χ4n) is 1.35. The summed E-state index contributed by atoms with van der Waals surface area (Å²) in [6.45, 7) is 4.23. The maximum absolute atomic E-state index is 8.84. The molecule has 0 aromatic heterocycles. The van der Waals surface area contributed by atoms with E-state index in [9.17, 15) is 0 Å². The van der Waals surface area contributed by atoms with Crippen LogP contribution in [0.25, 0.3) is 0 Å². The summed E-state index contributed by atoms with van der Waals surface area (Å²) in [5, 5.41) is 9.94. The van der Waals surface area contributed by atoms with E-state index >= 15 is 0 Å². The smallest absolute Gasteiger partial charge is 0.0545 e. The molecule has 0 saturated heterocycles. The molecule has 0 saturated carbocycles. The highest BCUT2D eigenvalue weighted by Crippen LogP contribution is 2.32. The van der Waals surface area contributed by atoms with Gasteiger partial charge in [-0.15, -0.1) is 11.8 Å². The van der Waals surface area contributed by atoms with Crippen molar-refractivity contribution in [2.24, 2.45) is 5.73 Å². The maximum Gasteiger partial charge on any atom is 0.0545 e. The Balaban J connectivity index is 2.75. The summed E-state index contributed by atoms with van der Waals surface area (Å²) >= 11 is 7.86. The van der Waals surface area contributed by atoms with E-state index in [1.54, 1.807) is 11.8 Å². The highest BCUT2D eigenvalue weighted by atomic mass is 35.5. The Bertz CT molecular complexity index is 344. The number of rotatable bonds is 5. The Kier molecular flexibility index (Phi) is 5.62. The van der Waals surface area contributed by atoms with Crippen molar-refractivity contribution in [3.05, 3.63) is 28.8 Å². The van der Waals surface area contributed by atoms with Crippen molar-refractivity contribution in [1.82, 2.24) is 0 Å². The summed E-state index contributed by atoms with van der Waals surface area (Å²) < 4.78 is 0. The van der Waals surface area contributed by atoms with Gasteiger partial charge in [0.1, 0.15) is 0 Å². The van der Waals surface area contributed by atoms with Crippen LogP contribution >= 0.6 is 23.4 Å². The summed E-state index contributed by atoms with van der Waals surface area (Å²) in [4.78, 5) is 1.05. The van der Waals surface area contributed by atoms with Gasteiger partial charge in [0.2, 0.25) is 0 Å². The predicted octanol–water partition coefficient (Wildman–Crippen LogP) is 3.22. The average molecular weight is 260 g/mol. The average Bonchev–Trinajstić information content (AvgIpc) is 2.21. The van der Waals surface area contributed by atoms with Crippen molar-refractivity contribution in [1.29, 1.82) is 0 Å². The maximum atomic E-state index is 8.84. The molecule has 0 fully saturated rings. The largest absolute Gasteiger partial charge is 0.396 e. The zero-order valence-corrected chi connectivity index (χ0v) is 11.2. The van der Waals surface area contributed by atoms with Gasteiger partial charge in [-0.25, -0.2) is 0 Å². The molecule has 90 valence electrons. The van der Waals surface area contributed by atoms with Crippen LogP contribution in [0.4, 0.5) is 0 Å². The van der Waals surface area contributed by atoms with Crippen LogP contribution in [-0.2, 0) is 0 Å². The first kappa shape index (κ1) is 13.8. The van der Waals surface area contributed by atoms with Crippen LogP contribution in [0.3, 0.4) is 0 Å². The Morgan fingerprint density at radius 1 is 1.44 bits per heavy atom. The van der Waals surface area contributed by atoms with E-state index in [0.29, 0.717) is 5.25 Å². The minimum absolute atomic E-state index is 0.00594. The van der Waals surface area contributed by atoms with Gasteiger partial charge in [0.05, 0.1) is 5.02 Å². The van der Waals surface area contributed by atoms with E-state index in [0.717, 1.165) is 21.9 Å². The summed E-state index contributed by atoms with van der Waals surface area (Å²) in [6.07, 6.45) is 0.774. The third-order valence-corrected chi connectivity index (χ3v) is 4.02. The van der Waals surface area contributed by atoms with Crippen molar-refractivity contribution in [3.63, 3.8) is 0 Å². The van der Waals surface area contributed by atoms with Gasteiger partial charge in [0.25, 0.3) is 0 Å². The first-order chi connectivity index (χ1) is 7.54. The minimum Gasteiger partial charge on any atom is -0.396 e. The zero-order chi connectivity index (χ0) is 12.1. The summed E-state index contributed by atoms with van der Waals surface area (Å²) in [5.74, 6) is 0. The fraction of sp³-hybridized carbons (Fsp3) is 0.500. The van der Waals surface area contributed by atoms with Gasteiger partial charge in [0.15, 0.2) is 0 Å². The third-order valence-electron chi connectivity index (χ3n) is 2.35. The molecule has 0 radical (unpaired) electrons. The van der Waals surface area contributed by atoms with Crippen LogP contribution in [0.15, 0.2) is 23.1 Å². The molecule has 4 heteroatoms. The lowest BCUT2D eigenvalue weighted by Crippen LogP contribution is -2.05. The Morgan fingerprint density at radius 2 is 2.12 bits per heavy atom. The molecule has 0 heterocycles. The van der Waals surface area contributed by atoms with Crippen molar-refractivity contribution < 1.29 is 5.11 Å². The van der Waals surface area contributed by atoms with E-state index in [-0.39, 0.29) is 12.6 Å². The first-order valence-corrected chi connectivity index (χ1v) is 6.63. The number of benzene rings is 1. The highest BCUT2D eigenvalue weighted by molar-refractivity contribution is 8.00. The molecule has 0 spiro atoms. The molecule has 2 atom stereocenters. The lowest BCUT2D eigenvalue weighted by Gasteiger charge is -2.13. The fourth-order valence-corrected chi connectivity index (χ4v) is 2.65. The molecule has 0 amide bonds. The normalized spacial score (nSPS) is 14.8. The molecule has 0 bridgehead atoms. The molecular formula is C12H18ClNOS. The van der Waals surface area contributed by atoms with Crippen LogP contribution < -0.4 is 5.73 Å². The second kappa shape index (κ2) is 6.50. The monoisotopic (exact) mass is 259 g/mol. The van der Waals surface area contributed by atoms with E-state index in [4.69, 9.17) is 22.4 Å². The van der Waals surface area contributed by atoms with Crippen LogP contribution in [-0.4, -0.2) is 17.0 Å². The molecule has 0 aliphatic carbocycles. The number of halogens is 1. The second-order valence-corrected chi connectivity index (χ2v) is 5.81. The van der Waals surface area contributed by atoms with Crippen molar-refractivity contribution in [2.45, 2.75) is 36.5 Å². The van der Waals surface area contributed by atoms with Gasteiger partial charge in [-0.3, -0.25) is 0 Å². The Morgan fingerprint density at radius 3 is 2.62 bits per heavy atom. The number of hydrogen-bond donors (Lipinski definition) is 2. The summed E-state index contributed by atoms with van der Waals surface area (Å²) in [5.41, 5.74) is 6.83. The number of aliphatic hydroxyl groups excluding tert-OH is 1. The lowest BCUT2D eigenvalue weighted by molar-refractivity contribution is 0.289. The molecule has 1 aromatic rings. The third kappa shape index (κ3) is 3.98. The van der Waals surface area contributed by atoms with Crippen LogP contribution in [0, 0.1) is 0 Å². The van der Waals surface area contributed by atoms with Crippen molar-refractivity contribution >= 4 is 23.4 Å². The molecule has 16 heavy (non-hydrogen) atoms. The SMILES string of the molecule is CC(CCO)Sc1ccc([C@H](C)N)cc1Cl. The molecular weight excluding hydrogens is 242 g/mol. The quantitative estimate of drug-likeness (QED) is 0.798. The van der Waals surface area contributed by atoms with Gasteiger partial charge in [-0.05, 0) is 31.0 Å². The second-order valence-electron chi connectivity index (χ2n) is 3.92. The lowest BCUT2D eigenvalue weighted by atomic mass is 10.1. The summed E-state index contributed by atoms with van der Waals surface area (Å²) in [6, 6.07) is 5.93. The standard InChI is InChI=1S/C12H18ClNOS/c1-8(5-6-15)16-12-4-3-10(9(2)14)7-11(12)13/h3-4,7-9,15H,5-6,14H2,1-2H3/t8?,9-/m0/s1. The molecule has 2 nitrogen and oxygen atoms in total. The van der Waals surface area contributed by atoms with Gasteiger partial charge in [-0.1, -0.05) is 24.6 Å². The van der Waals surface area contributed by atoms with Gasteiger partial charge < -0.3 is 10.8 Å². The zero-order valence-electron chi connectivity index (χ0n) is 9.61. The van der Waals surface area contributed by atoms with Crippen molar-refractivity contribution in [3.8, 4) is 0 Å². The Hall–Kier alpha value is -0.220. The van der Waals surface area contributed by atoms with Crippen LogP contribution in [0.1, 0.15) is 31.9 Å². The minimum atomic E-state index is 0.00594. The molecule has 1 unspecified atom stereocenters. The molecule has 0 aliphatic heterocycles. The van der Waals surface area contributed by atoms with E-state index in [2.05, 4.69) is 6.92 Å².